The van der Waals surface area contributed by atoms with Crippen LogP contribution in [0, 0.1) is 6.92 Å². The molecule has 0 saturated carbocycles. The highest BCUT2D eigenvalue weighted by Crippen LogP contribution is 2.29. The first-order valence-electron chi connectivity index (χ1n) is 7.36. The number of ether oxygens (including phenoxy) is 1. The molecule has 0 fully saturated rings. The Balaban J connectivity index is 2.29. The van der Waals surface area contributed by atoms with Crippen molar-refractivity contribution in [3.05, 3.63) is 53.7 Å². The highest BCUT2D eigenvalue weighted by molar-refractivity contribution is 5.65. The summed E-state index contributed by atoms with van der Waals surface area (Å²) in [6, 6.07) is 12.5. The Morgan fingerprint density at radius 2 is 2.05 bits per heavy atom. The smallest absolute Gasteiger partial charge is 0.0803 e. The summed E-state index contributed by atoms with van der Waals surface area (Å²) in [7, 11) is 0. The molecule has 106 valence electrons. The van der Waals surface area contributed by atoms with E-state index in [2.05, 4.69) is 50.0 Å². The average Bonchev–Trinajstić information content (AvgIpc) is 2.48. The Labute approximate surface area is 121 Å². The van der Waals surface area contributed by atoms with Gasteiger partial charge >= 0.3 is 0 Å². The number of aromatic nitrogens is 1. The van der Waals surface area contributed by atoms with Crippen molar-refractivity contribution in [3.8, 4) is 11.3 Å². The van der Waals surface area contributed by atoms with E-state index in [1.807, 2.05) is 18.3 Å². The van der Waals surface area contributed by atoms with Gasteiger partial charge in [-0.3, -0.25) is 4.98 Å². The highest BCUT2D eigenvalue weighted by atomic mass is 16.5. The lowest BCUT2D eigenvalue weighted by Gasteiger charge is -2.17. The number of nitrogens with zero attached hydrogens (tertiary/aromatic N) is 1. The molecule has 0 aliphatic carbocycles. The van der Waals surface area contributed by atoms with Gasteiger partial charge in [0.2, 0.25) is 0 Å². The van der Waals surface area contributed by atoms with Crippen LogP contribution in [0.5, 0.6) is 0 Å². The van der Waals surface area contributed by atoms with Gasteiger partial charge in [0.25, 0.3) is 0 Å². The third-order valence-corrected chi connectivity index (χ3v) is 3.45. The second kappa shape index (κ2) is 7.20. The Bertz CT molecular complexity index is 536. The van der Waals surface area contributed by atoms with Crippen LogP contribution in [0.2, 0.25) is 0 Å². The van der Waals surface area contributed by atoms with Crippen molar-refractivity contribution in [2.75, 3.05) is 6.61 Å². The molecule has 0 aliphatic heterocycles. The van der Waals surface area contributed by atoms with E-state index in [1.165, 1.54) is 16.7 Å². The van der Waals surface area contributed by atoms with Crippen LogP contribution in [0.3, 0.4) is 0 Å². The van der Waals surface area contributed by atoms with Crippen molar-refractivity contribution in [1.29, 1.82) is 0 Å². The lowest BCUT2D eigenvalue weighted by molar-refractivity contribution is 0.0640. The first kappa shape index (κ1) is 14.7. The van der Waals surface area contributed by atoms with Gasteiger partial charge in [-0.15, -0.1) is 0 Å². The monoisotopic (exact) mass is 269 g/mol. The van der Waals surface area contributed by atoms with Crippen LogP contribution in [0.15, 0.2) is 42.6 Å². The summed E-state index contributed by atoms with van der Waals surface area (Å²) in [6.07, 6.45) is 4.20. The molecule has 0 saturated heterocycles. The fourth-order valence-corrected chi connectivity index (χ4v) is 2.26. The summed E-state index contributed by atoms with van der Waals surface area (Å²) in [5, 5.41) is 0. The minimum Gasteiger partial charge on any atom is -0.374 e. The number of unbranched alkanes of at least 4 members (excludes halogenated alkanes) is 1. The standard InChI is InChI=1S/C18H23NO/c1-4-5-12-20-15(3)16-10-9-14(2)13-17(16)18-8-6-7-11-19-18/h6-11,13,15H,4-5,12H2,1-3H3. The van der Waals surface area contributed by atoms with Gasteiger partial charge in [-0.1, -0.05) is 37.1 Å². The molecule has 0 radical (unpaired) electrons. The Morgan fingerprint density at radius 3 is 2.75 bits per heavy atom. The topological polar surface area (TPSA) is 22.1 Å². The van der Waals surface area contributed by atoms with E-state index in [1.54, 1.807) is 0 Å². The zero-order valence-corrected chi connectivity index (χ0v) is 12.6. The molecule has 0 spiro atoms. The van der Waals surface area contributed by atoms with Crippen LogP contribution in [0.25, 0.3) is 11.3 Å². The number of hydrogen-bond acceptors (Lipinski definition) is 2. The SMILES string of the molecule is CCCCOC(C)c1ccc(C)cc1-c1ccccn1. The predicted molar refractivity (Wildman–Crippen MR) is 83.7 cm³/mol. The van der Waals surface area contributed by atoms with Crippen molar-refractivity contribution < 1.29 is 4.74 Å². The summed E-state index contributed by atoms with van der Waals surface area (Å²) >= 11 is 0. The zero-order chi connectivity index (χ0) is 14.4. The van der Waals surface area contributed by atoms with Gasteiger partial charge in [0.15, 0.2) is 0 Å². The van der Waals surface area contributed by atoms with Gasteiger partial charge in [0, 0.05) is 18.4 Å². The Morgan fingerprint density at radius 1 is 1.20 bits per heavy atom. The molecular formula is C18H23NO. The maximum Gasteiger partial charge on any atom is 0.0803 e. The second-order valence-electron chi connectivity index (χ2n) is 5.17. The maximum absolute atomic E-state index is 5.94. The Hall–Kier alpha value is -1.67. The molecule has 0 N–H and O–H groups in total. The number of rotatable bonds is 6. The van der Waals surface area contributed by atoms with Gasteiger partial charge in [0.05, 0.1) is 11.8 Å². The van der Waals surface area contributed by atoms with Crippen molar-refractivity contribution in [2.24, 2.45) is 0 Å². The van der Waals surface area contributed by atoms with Crippen molar-refractivity contribution in [1.82, 2.24) is 4.98 Å². The van der Waals surface area contributed by atoms with Gasteiger partial charge in [0.1, 0.15) is 0 Å². The van der Waals surface area contributed by atoms with E-state index < -0.39 is 0 Å². The fraction of sp³-hybridized carbons (Fsp3) is 0.389. The molecule has 2 heteroatoms. The molecule has 0 bridgehead atoms. The number of pyridine rings is 1. The Kier molecular flexibility index (Phi) is 5.31. The lowest BCUT2D eigenvalue weighted by Crippen LogP contribution is -2.04. The molecule has 0 aliphatic rings. The molecule has 1 heterocycles. The van der Waals surface area contributed by atoms with Crippen molar-refractivity contribution in [2.45, 2.75) is 39.7 Å². The van der Waals surface area contributed by atoms with Crippen LogP contribution in [-0.2, 0) is 4.74 Å². The van der Waals surface area contributed by atoms with E-state index in [4.69, 9.17) is 4.74 Å². The maximum atomic E-state index is 5.94. The highest BCUT2D eigenvalue weighted by Gasteiger charge is 2.13. The number of aryl methyl sites for hydroxylation is 1. The number of benzene rings is 1. The molecule has 1 atom stereocenters. The van der Waals surface area contributed by atoms with Crippen molar-refractivity contribution >= 4 is 0 Å². The van der Waals surface area contributed by atoms with Crippen LogP contribution >= 0.6 is 0 Å². The van der Waals surface area contributed by atoms with E-state index >= 15 is 0 Å². The van der Waals surface area contributed by atoms with Crippen LogP contribution in [0.4, 0.5) is 0 Å². The average molecular weight is 269 g/mol. The lowest BCUT2D eigenvalue weighted by atomic mass is 9.98. The fourth-order valence-electron chi connectivity index (χ4n) is 2.26. The van der Waals surface area contributed by atoms with Crippen LogP contribution < -0.4 is 0 Å². The largest absolute Gasteiger partial charge is 0.374 e. The van der Waals surface area contributed by atoms with Gasteiger partial charge in [-0.2, -0.15) is 0 Å². The molecule has 20 heavy (non-hydrogen) atoms. The normalized spacial score (nSPS) is 12.3. The summed E-state index contributed by atoms with van der Waals surface area (Å²) in [5.74, 6) is 0. The molecule has 1 unspecified atom stereocenters. The van der Waals surface area contributed by atoms with Gasteiger partial charge in [-0.05, 0) is 44.0 Å². The van der Waals surface area contributed by atoms with Crippen LogP contribution in [0.1, 0.15) is 43.9 Å². The third kappa shape index (κ3) is 3.67. The van der Waals surface area contributed by atoms with E-state index in [-0.39, 0.29) is 6.10 Å². The minimum atomic E-state index is 0.0964. The van der Waals surface area contributed by atoms with E-state index in [0.717, 1.165) is 25.1 Å². The first-order chi connectivity index (χ1) is 9.72. The second-order valence-corrected chi connectivity index (χ2v) is 5.17. The summed E-state index contributed by atoms with van der Waals surface area (Å²) < 4.78 is 5.94. The predicted octanol–water partition coefficient (Wildman–Crippen LogP) is 4.93. The summed E-state index contributed by atoms with van der Waals surface area (Å²) in [4.78, 5) is 4.47. The van der Waals surface area contributed by atoms with Gasteiger partial charge in [-0.25, -0.2) is 0 Å². The molecule has 0 amide bonds. The molecule has 2 aromatic rings. The quantitative estimate of drug-likeness (QED) is 0.693. The van der Waals surface area contributed by atoms with Gasteiger partial charge < -0.3 is 4.74 Å². The van der Waals surface area contributed by atoms with Crippen LogP contribution in [-0.4, -0.2) is 11.6 Å². The van der Waals surface area contributed by atoms with E-state index in [0.29, 0.717) is 0 Å². The summed E-state index contributed by atoms with van der Waals surface area (Å²) in [6.45, 7) is 7.22. The molecule has 2 rings (SSSR count). The van der Waals surface area contributed by atoms with E-state index in [9.17, 15) is 0 Å². The third-order valence-electron chi connectivity index (χ3n) is 3.45. The molecule has 1 aromatic heterocycles. The zero-order valence-electron chi connectivity index (χ0n) is 12.6. The number of hydrogen-bond donors (Lipinski definition) is 0. The summed E-state index contributed by atoms with van der Waals surface area (Å²) in [5.41, 5.74) is 4.65. The molecule has 1 aromatic carbocycles. The first-order valence-corrected chi connectivity index (χ1v) is 7.36. The molecular weight excluding hydrogens is 246 g/mol. The van der Waals surface area contributed by atoms with Crippen molar-refractivity contribution in [3.63, 3.8) is 0 Å². The molecule has 2 nitrogen and oxygen atoms in total. The minimum absolute atomic E-state index is 0.0964.